The summed E-state index contributed by atoms with van der Waals surface area (Å²) >= 11 is 1.75. The van der Waals surface area contributed by atoms with Crippen LogP contribution in [-0.2, 0) is 4.79 Å². The third kappa shape index (κ3) is 3.64. The Balaban J connectivity index is 1.77. The molecular weight excluding hydrogens is 262 g/mol. The van der Waals surface area contributed by atoms with Crippen LogP contribution in [0.2, 0.25) is 0 Å². The topological polar surface area (TPSA) is 62.5 Å². The van der Waals surface area contributed by atoms with Crippen molar-refractivity contribution in [2.24, 2.45) is 0 Å². The van der Waals surface area contributed by atoms with Crippen LogP contribution in [0.4, 0.5) is 0 Å². The van der Waals surface area contributed by atoms with Crippen molar-refractivity contribution in [2.75, 3.05) is 12.3 Å². The molecule has 0 aromatic carbocycles. The maximum atomic E-state index is 11.6. The van der Waals surface area contributed by atoms with Gasteiger partial charge in [0.15, 0.2) is 0 Å². The predicted molar refractivity (Wildman–Crippen MR) is 76.9 cm³/mol. The lowest BCUT2D eigenvalue weighted by molar-refractivity contribution is -0.118. The minimum Gasteiger partial charge on any atom is -0.465 e. The molecule has 1 aromatic rings. The van der Waals surface area contributed by atoms with Crippen molar-refractivity contribution in [1.82, 2.24) is 5.32 Å². The second-order valence-corrected chi connectivity index (χ2v) is 6.13. The summed E-state index contributed by atoms with van der Waals surface area (Å²) in [6.07, 6.45) is 6.36. The summed E-state index contributed by atoms with van der Waals surface area (Å²) in [6, 6.07) is 3.54. The first-order valence-electron chi connectivity index (χ1n) is 6.47. The molecule has 5 heteroatoms. The molecule has 2 N–H and O–H groups in total. The Morgan fingerprint density at radius 2 is 2.58 bits per heavy atom. The highest BCUT2D eigenvalue weighted by Gasteiger charge is 2.45. The SMILES string of the molecule is CCS[C@H]1CC[C@@]1(O)CNC(=O)/C=C/c1ccco1. The van der Waals surface area contributed by atoms with Gasteiger partial charge in [-0.3, -0.25) is 4.79 Å². The molecule has 1 aliphatic carbocycles. The number of hydrogen-bond donors (Lipinski definition) is 2. The lowest BCUT2D eigenvalue weighted by Crippen LogP contribution is -2.56. The van der Waals surface area contributed by atoms with Crippen LogP contribution in [0.5, 0.6) is 0 Å². The van der Waals surface area contributed by atoms with E-state index in [1.807, 2.05) is 0 Å². The fraction of sp³-hybridized carbons (Fsp3) is 0.500. The van der Waals surface area contributed by atoms with Gasteiger partial charge >= 0.3 is 0 Å². The van der Waals surface area contributed by atoms with Crippen LogP contribution in [0.25, 0.3) is 6.08 Å². The highest BCUT2D eigenvalue weighted by Crippen LogP contribution is 2.40. The van der Waals surface area contributed by atoms with Crippen molar-refractivity contribution >= 4 is 23.7 Å². The van der Waals surface area contributed by atoms with Gasteiger partial charge < -0.3 is 14.8 Å². The van der Waals surface area contributed by atoms with Crippen LogP contribution in [0.3, 0.4) is 0 Å². The van der Waals surface area contributed by atoms with Crippen LogP contribution in [-0.4, -0.2) is 34.2 Å². The second kappa shape index (κ2) is 6.30. The molecule has 1 saturated carbocycles. The van der Waals surface area contributed by atoms with Gasteiger partial charge in [-0.15, -0.1) is 0 Å². The van der Waals surface area contributed by atoms with Crippen LogP contribution in [0, 0.1) is 0 Å². The second-order valence-electron chi connectivity index (χ2n) is 4.65. The van der Waals surface area contributed by atoms with E-state index in [0.29, 0.717) is 12.3 Å². The molecule has 0 unspecified atom stereocenters. The summed E-state index contributed by atoms with van der Waals surface area (Å²) < 4.78 is 5.09. The molecule has 0 saturated heterocycles. The maximum absolute atomic E-state index is 11.6. The minimum atomic E-state index is -0.741. The Labute approximate surface area is 117 Å². The number of carbonyl (C=O) groups is 1. The molecule has 0 bridgehead atoms. The van der Waals surface area contributed by atoms with Crippen LogP contribution >= 0.6 is 11.8 Å². The third-order valence-electron chi connectivity index (χ3n) is 3.32. The first-order chi connectivity index (χ1) is 9.14. The lowest BCUT2D eigenvalue weighted by atomic mass is 9.79. The number of thioether (sulfide) groups is 1. The monoisotopic (exact) mass is 281 g/mol. The molecule has 2 atom stereocenters. The maximum Gasteiger partial charge on any atom is 0.244 e. The summed E-state index contributed by atoms with van der Waals surface area (Å²) in [6.45, 7) is 2.39. The number of amides is 1. The summed E-state index contributed by atoms with van der Waals surface area (Å²) in [4.78, 5) is 11.6. The Morgan fingerprint density at radius 3 is 3.16 bits per heavy atom. The van der Waals surface area contributed by atoms with Crippen molar-refractivity contribution in [2.45, 2.75) is 30.6 Å². The Bertz CT molecular complexity index is 444. The zero-order valence-corrected chi connectivity index (χ0v) is 11.8. The number of carbonyl (C=O) groups excluding carboxylic acids is 1. The van der Waals surface area contributed by atoms with Gasteiger partial charge in [0, 0.05) is 17.9 Å². The normalized spacial score (nSPS) is 26.3. The molecule has 1 aromatic heterocycles. The van der Waals surface area contributed by atoms with E-state index >= 15 is 0 Å². The van der Waals surface area contributed by atoms with E-state index in [1.54, 1.807) is 36.2 Å². The van der Waals surface area contributed by atoms with Gasteiger partial charge in [0.1, 0.15) is 5.76 Å². The van der Waals surface area contributed by atoms with E-state index in [9.17, 15) is 9.90 Å². The molecule has 0 spiro atoms. The molecular formula is C14H19NO3S. The first-order valence-corrected chi connectivity index (χ1v) is 7.52. The average Bonchev–Trinajstić information content (AvgIpc) is 2.91. The number of furan rings is 1. The zero-order chi connectivity index (χ0) is 13.7. The molecule has 1 heterocycles. The van der Waals surface area contributed by atoms with Gasteiger partial charge in [-0.2, -0.15) is 11.8 Å². The molecule has 1 fully saturated rings. The molecule has 4 nitrogen and oxygen atoms in total. The van der Waals surface area contributed by atoms with Crippen LogP contribution in [0.1, 0.15) is 25.5 Å². The highest BCUT2D eigenvalue weighted by molar-refractivity contribution is 8.00. The summed E-state index contributed by atoms with van der Waals surface area (Å²) in [7, 11) is 0. The Kier molecular flexibility index (Phi) is 4.71. The van der Waals surface area contributed by atoms with Crippen LogP contribution < -0.4 is 5.32 Å². The van der Waals surface area contributed by atoms with Gasteiger partial charge in [-0.1, -0.05) is 6.92 Å². The standard InChI is InChI=1S/C14H19NO3S/c1-2-19-12-7-8-14(12,17)10-15-13(16)6-5-11-4-3-9-18-11/h3-6,9,12,17H,2,7-8,10H2,1H3,(H,15,16)/b6-5+/t12-,14+/m0/s1. The molecule has 19 heavy (non-hydrogen) atoms. The molecule has 1 aliphatic rings. The van der Waals surface area contributed by atoms with E-state index in [4.69, 9.17) is 4.42 Å². The largest absolute Gasteiger partial charge is 0.465 e. The van der Waals surface area contributed by atoms with E-state index in [-0.39, 0.29) is 11.2 Å². The van der Waals surface area contributed by atoms with E-state index in [1.165, 1.54) is 6.08 Å². The van der Waals surface area contributed by atoms with Crippen molar-refractivity contribution in [1.29, 1.82) is 0 Å². The lowest BCUT2D eigenvalue weighted by Gasteiger charge is -2.44. The fourth-order valence-electron chi connectivity index (χ4n) is 2.08. The first kappa shape index (κ1) is 14.2. The number of aliphatic hydroxyl groups is 1. The number of nitrogens with one attached hydrogen (secondary N) is 1. The van der Waals surface area contributed by atoms with Gasteiger partial charge in [0.2, 0.25) is 5.91 Å². The minimum absolute atomic E-state index is 0.211. The molecule has 0 radical (unpaired) electrons. The summed E-state index contributed by atoms with van der Waals surface area (Å²) in [5.41, 5.74) is -0.741. The van der Waals surface area contributed by atoms with E-state index in [0.717, 1.165) is 18.6 Å². The Hall–Kier alpha value is -1.20. The molecule has 104 valence electrons. The average molecular weight is 281 g/mol. The Morgan fingerprint density at radius 1 is 1.74 bits per heavy atom. The van der Waals surface area contributed by atoms with Gasteiger partial charge in [0.25, 0.3) is 0 Å². The van der Waals surface area contributed by atoms with E-state index < -0.39 is 5.60 Å². The van der Waals surface area contributed by atoms with Gasteiger partial charge in [0.05, 0.1) is 11.9 Å². The smallest absolute Gasteiger partial charge is 0.244 e. The molecule has 2 rings (SSSR count). The summed E-state index contributed by atoms with van der Waals surface area (Å²) in [5.74, 6) is 1.41. The quantitative estimate of drug-likeness (QED) is 0.783. The third-order valence-corrected chi connectivity index (χ3v) is 4.73. The molecule has 0 aliphatic heterocycles. The summed E-state index contributed by atoms with van der Waals surface area (Å²) in [5, 5.41) is 13.3. The number of rotatable bonds is 6. The van der Waals surface area contributed by atoms with Crippen molar-refractivity contribution in [3.63, 3.8) is 0 Å². The fourth-order valence-corrected chi connectivity index (χ4v) is 3.28. The zero-order valence-electron chi connectivity index (χ0n) is 11.0. The molecule has 1 amide bonds. The number of hydrogen-bond acceptors (Lipinski definition) is 4. The van der Waals surface area contributed by atoms with Crippen LogP contribution in [0.15, 0.2) is 28.9 Å². The predicted octanol–water partition coefficient (Wildman–Crippen LogP) is 2.06. The van der Waals surface area contributed by atoms with Gasteiger partial charge in [-0.05, 0) is 36.8 Å². The highest BCUT2D eigenvalue weighted by atomic mass is 32.2. The van der Waals surface area contributed by atoms with E-state index in [2.05, 4.69) is 12.2 Å². The van der Waals surface area contributed by atoms with Gasteiger partial charge in [-0.25, -0.2) is 0 Å². The van der Waals surface area contributed by atoms with Crippen molar-refractivity contribution < 1.29 is 14.3 Å². The van der Waals surface area contributed by atoms with Crippen molar-refractivity contribution in [3.05, 3.63) is 30.2 Å². The van der Waals surface area contributed by atoms with Crippen molar-refractivity contribution in [3.8, 4) is 0 Å².